The molecule has 0 fully saturated rings. The Labute approximate surface area is 74.6 Å². The molecule has 0 spiro atoms. The molecule has 0 unspecified atom stereocenters. The molecule has 2 heteroatoms. The molecule has 0 aliphatic carbocycles. The highest BCUT2D eigenvalue weighted by atomic mass is 16.7. The summed E-state index contributed by atoms with van der Waals surface area (Å²) >= 11 is 0. The molecule has 0 saturated heterocycles. The molecule has 1 aliphatic heterocycles. The molecule has 70 valence electrons. The van der Waals surface area contributed by atoms with Crippen LogP contribution in [0.4, 0.5) is 0 Å². The molecule has 0 bridgehead atoms. The molecule has 0 aromatic rings. The van der Waals surface area contributed by atoms with E-state index in [9.17, 15) is 0 Å². The molecule has 0 amide bonds. The van der Waals surface area contributed by atoms with Gasteiger partial charge in [-0.05, 0) is 6.42 Å². The van der Waals surface area contributed by atoms with Gasteiger partial charge in [-0.2, -0.15) is 0 Å². The van der Waals surface area contributed by atoms with Crippen LogP contribution in [0.5, 0.6) is 0 Å². The van der Waals surface area contributed by atoms with Gasteiger partial charge < -0.3 is 9.47 Å². The molecule has 12 heavy (non-hydrogen) atoms. The Morgan fingerprint density at radius 2 is 1.83 bits per heavy atom. The van der Waals surface area contributed by atoms with E-state index >= 15 is 0 Å². The van der Waals surface area contributed by atoms with Gasteiger partial charge in [-0.3, -0.25) is 0 Å². The zero-order chi connectivity index (χ0) is 8.65. The standard InChI is InChI=1S/C10H18O2/c1-2-3-4-5-6-7-8-11-10-9-12-10/h9H,2-8H2,1H3. The summed E-state index contributed by atoms with van der Waals surface area (Å²) in [5, 5.41) is 0. The predicted octanol–water partition coefficient (Wildman–Crippen LogP) is 3.19. The Bertz CT molecular complexity index is 141. The quantitative estimate of drug-likeness (QED) is 0.522. The zero-order valence-electron chi connectivity index (χ0n) is 7.84. The second-order valence-electron chi connectivity index (χ2n) is 3.17. The van der Waals surface area contributed by atoms with Crippen molar-refractivity contribution in [1.82, 2.24) is 0 Å². The van der Waals surface area contributed by atoms with E-state index in [0.717, 1.165) is 13.0 Å². The van der Waals surface area contributed by atoms with Crippen LogP contribution in [0.3, 0.4) is 0 Å². The lowest BCUT2D eigenvalue weighted by Gasteiger charge is -1.99. The summed E-state index contributed by atoms with van der Waals surface area (Å²) in [6.07, 6.45) is 9.48. The van der Waals surface area contributed by atoms with Gasteiger partial charge in [0.15, 0.2) is 6.26 Å². The van der Waals surface area contributed by atoms with Crippen molar-refractivity contribution < 1.29 is 9.47 Å². The molecule has 1 rings (SSSR count). The summed E-state index contributed by atoms with van der Waals surface area (Å²) in [5.41, 5.74) is 0. The first-order valence-electron chi connectivity index (χ1n) is 4.93. The van der Waals surface area contributed by atoms with Gasteiger partial charge >= 0.3 is 5.95 Å². The van der Waals surface area contributed by atoms with E-state index in [1.54, 1.807) is 6.26 Å². The Hall–Kier alpha value is -0.660. The molecule has 0 aromatic heterocycles. The van der Waals surface area contributed by atoms with Crippen LogP contribution >= 0.6 is 0 Å². The lowest BCUT2D eigenvalue weighted by Crippen LogP contribution is -1.89. The summed E-state index contributed by atoms with van der Waals surface area (Å²) in [4.78, 5) is 0. The van der Waals surface area contributed by atoms with Gasteiger partial charge in [-0.25, -0.2) is 0 Å². The lowest BCUT2D eigenvalue weighted by atomic mass is 10.1. The summed E-state index contributed by atoms with van der Waals surface area (Å²) in [7, 11) is 0. The Kier molecular flexibility index (Phi) is 4.65. The van der Waals surface area contributed by atoms with Crippen LogP contribution in [0, 0.1) is 0 Å². The van der Waals surface area contributed by atoms with Crippen molar-refractivity contribution in [3.63, 3.8) is 0 Å². The molecule has 0 radical (unpaired) electrons. The van der Waals surface area contributed by atoms with Crippen LogP contribution in [0.15, 0.2) is 12.2 Å². The maximum atomic E-state index is 5.20. The van der Waals surface area contributed by atoms with Crippen molar-refractivity contribution >= 4 is 0 Å². The highest BCUT2D eigenvalue weighted by molar-refractivity contribution is 4.91. The first-order valence-corrected chi connectivity index (χ1v) is 4.93. The average Bonchev–Trinajstić information content (AvgIpc) is 2.87. The third-order valence-corrected chi connectivity index (χ3v) is 1.96. The fraction of sp³-hybridized carbons (Fsp3) is 0.800. The van der Waals surface area contributed by atoms with Gasteiger partial charge in [0.1, 0.15) is 0 Å². The van der Waals surface area contributed by atoms with Crippen LogP contribution < -0.4 is 0 Å². The van der Waals surface area contributed by atoms with Crippen LogP contribution in [-0.4, -0.2) is 6.61 Å². The highest BCUT2D eigenvalue weighted by Crippen LogP contribution is 2.15. The number of hydrogen-bond acceptors (Lipinski definition) is 2. The average molecular weight is 170 g/mol. The molecule has 2 nitrogen and oxygen atoms in total. The van der Waals surface area contributed by atoms with Crippen molar-refractivity contribution in [2.75, 3.05) is 6.61 Å². The monoisotopic (exact) mass is 170 g/mol. The molecule has 0 aromatic carbocycles. The topological polar surface area (TPSA) is 21.8 Å². The number of unbranched alkanes of at least 4 members (excludes halogenated alkanes) is 5. The van der Waals surface area contributed by atoms with Crippen LogP contribution in [0.25, 0.3) is 0 Å². The van der Waals surface area contributed by atoms with Gasteiger partial charge in [0.25, 0.3) is 0 Å². The minimum Gasteiger partial charge on any atom is -0.463 e. The number of ether oxygens (including phenoxy) is 2. The molecule has 0 N–H and O–H groups in total. The third-order valence-electron chi connectivity index (χ3n) is 1.96. The number of hydrogen-bond donors (Lipinski definition) is 0. The van der Waals surface area contributed by atoms with E-state index in [2.05, 4.69) is 6.92 Å². The minimum absolute atomic E-state index is 0.712. The summed E-state index contributed by atoms with van der Waals surface area (Å²) in [6.45, 7) is 3.05. The lowest BCUT2D eigenvalue weighted by molar-refractivity contribution is 0.150. The van der Waals surface area contributed by atoms with Crippen LogP contribution in [-0.2, 0) is 9.47 Å². The van der Waals surface area contributed by atoms with Gasteiger partial charge in [-0.1, -0.05) is 39.0 Å². The normalized spacial score (nSPS) is 13.6. The van der Waals surface area contributed by atoms with E-state index in [0.29, 0.717) is 5.95 Å². The van der Waals surface area contributed by atoms with Crippen molar-refractivity contribution in [3.8, 4) is 0 Å². The molecule has 0 atom stereocenters. The van der Waals surface area contributed by atoms with Gasteiger partial charge in [0.2, 0.25) is 0 Å². The number of rotatable bonds is 8. The zero-order valence-corrected chi connectivity index (χ0v) is 7.84. The van der Waals surface area contributed by atoms with Gasteiger partial charge in [0, 0.05) is 0 Å². The van der Waals surface area contributed by atoms with Crippen molar-refractivity contribution in [3.05, 3.63) is 12.2 Å². The van der Waals surface area contributed by atoms with Crippen LogP contribution in [0.1, 0.15) is 45.4 Å². The summed E-state index contributed by atoms with van der Waals surface area (Å²) in [5.74, 6) is 0.712. The molecular weight excluding hydrogens is 152 g/mol. The van der Waals surface area contributed by atoms with E-state index in [1.165, 1.54) is 32.1 Å². The second kappa shape index (κ2) is 5.92. The predicted molar refractivity (Wildman–Crippen MR) is 48.5 cm³/mol. The SMILES string of the molecule is CCCCCCCCOC1=CO1. The summed E-state index contributed by atoms with van der Waals surface area (Å²) in [6, 6.07) is 0. The first-order chi connectivity index (χ1) is 5.93. The molecule has 0 saturated carbocycles. The second-order valence-corrected chi connectivity index (χ2v) is 3.17. The first kappa shape index (κ1) is 9.43. The van der Waals surface area contributed by atoms with Crippen LogP contribution in [0.2, 0.25) is 0 Å². The van der Waals surface area contributed by atoms with E-state index in [1.807, 2.05) is 0 Å². The maximum Gasteiger partial charge on any atom is 0.321 e. The fourth-order valence-corrected chi connectivity index (χ4v) is 1.15. The van der Waals surface area contributed by atoms with E-state index in [-0.39, 0.29) is 0 Å². The van der Waals surface area contributed by atoms with Crippen molar-refractivity contribution in [2.24, 2.45) is 0 Å². The molecular formula is C10H18O2. The highest BCUT2D eigenvalue weighted by Gasteiger charge is 2.09. The molecule has 1 heterocycles. The Morgan fingerprint density at radius 3 is 2.50 bits per heavy atom. The van der Waals surface area contributed by atoms with Gasteiger partial charge in [0.05, 0.1) is 6.61 Å². The van der Waals surface area contributed by atoms with Crippen molar-refractivity contribution in [1.29, 1.82) is 0 Å². The Balaban J connectivity index is 1.67. The Morgan fingerprint density at radius 1 is 1.17 bits per heavy atom. The summed E-state index contributed by atoms with van der Waals surface area (Å²) < 4.78 is 9.92. The van der Waals surface area contributed by atoms with Gasteiger partial charge in [-0.15, -0.1) is 0 Å². The fourth-order valence-electron chi connectivity index (χ4n) is 1.15. The molecule has 1 aliphatic rings. The van der Waals surface area contributed by atoms with E-state index in [4.69, 9.17) is 9.47 Å². The minimum atomic E-state index is 0.712. The largest absolute Gasteiger partial charge is 0.463 e. The van der Waals surface area contributed by atoms with Crippen molar-refractivity contribution in [2.45, 2.75) is 45.4 Å². The van der Waals surface area contributed by atoms with E-state index < -0.39 is 0 Å². The maximum absolute atomic E-state index is 5.20. The smallest absolute Gasteiger partial charge is 0.321 e. The third kappa shape index (κ3) is 5.05.